The number of pyridine rings is 1. The third-order valence-corrected chi connectivity index (χ3v) is 5.81. The topological polar surface area (TPSA) is 74.3 Å². The summed E-state index contributed by atoms with van der Waals surface area (Å²) in [6, 6.07) is 9.17. The van der Waals surface area contributed by atoms with Crippen LogP contribution in [0, 0.1) is 0 Å². The Bertz CT molecular complexity index is 1130. The molecule has 9 heteroatoms. The maximum atomic E-state index is 6.33. The minimum absolute atomic E-state index is 0.437. The summed E-state index contributed by atoms with van der Waals surface area (Å²) in [6.45, 7) is 3.93. The lowest BCUT2D eigenvalue weighted by molar-refractivity contribution is 0.153. The van der Waals surface area contributed by atoms with Crippen molar-refractivity contribution in [3.8, 4) is 28.7 Å². The number of nitrogens with zero attached hydrogens (tertiary/aromatic N) is 2. The molecule has 0 amide bonds. The molecule has 1 aromatic heterocycles. The van der Waals surface area contributed by atoms with Gasteiger partial charge in [-0.15, -0.1) is 0 Å². The Hall–Kier alpha value is -2.94. The summed E-state index contributed by atoms with van der Waals surface area (Å²) in [5, 5.41) is 4.35. The molecule has 0 fully saturated rings. The molecular formula is C25H30ClN3O5. The van der Waals surface area contributed by atoms with Crippen molar-refractivity contribution in [1.29, 1.82) is 0 Å². The molecule has 2 aromatic carbocycles. The molecule has 0 aliphatic carbocycles. The fraction of sp³-hybridized carbons (Fsp3) is 0.400. The van der Waals surface area contributed by atoms with E-state index >= 15 is 0 Å². The van der Waals surface area contributed by atoms with Crippen LogP contribution in [-0.2, 0) is 4.74 Å². The predicted molar refractivity (Wildman–Crippen MR) is 133 cm³/mol. The Labute approximate surface area is 204 Å². The Balaban J connectivity index is 1.57. The summed E-state index contributed by atoms with van der Waals surface area (Å²) in [5.41, 5.74) is 1.53. The highest BCUT2D eigenvalue weighted by atomic mass is 35.5. The van der Waals surface area contributed by atoms with E-state index in [4.69, 9.17) is 35.3 Å². The van der Waals surface area contributed by atoms with E-state index in [9.17, 15) is 0 Å². The van der Waals surface area contributed by atoms with Gasteiger partial charge in [-0.3, -0.25) is 4.98 Å². The van der Waals surface area contributed by atoms with Gasteiger partial charge in [0.05, 0.1) is 34.8 Å². The molecule has 0 saturated heterocycles. The molecule has 8 nitrogen and oxygen atoms in total. The van der Waals surface area contributed by atoms with E-state index in [-0.39, 0.29) is 0 Å². The highest BCUT2D eigenvalue weighted by Gasteiger charge is 2.24. The van der Waals surface area contributed by atoms with Crippen LogP contribution in [0.5, 0.6) is 28.7 Å². The van der Waals surface area contributed by atoms with Crippen LogP contribution in [-0.4, -0.2) is 70.6 Å². The van der Waals surface area contributed by atoms with Crippen molar-refractivity contribution in [1.82, 2.24) is 9.88 Å². The van der Waals surface area contributed by atoms with Crippen LogP contribution in [0.4, 0.5) is 5.69 Å². The first-order chi connectivity index (χ1) is 16.6. The predicted octanol–water partition coefficient (Wildman–Crippen LogP) is 4.84. The molecule has 0 saturated carbocycles. The lowest BCUT2D eigenvalue weighted by atomic mass is 10.1. The van der Waals surface area contributed by atoms with Crippen LogP contribution in [0.25, 0.3) is 10.9 Å². The molecule has 0 unspecified atom stereocenters. The number of rotatable bonds is 11. The van der Waals surface area contributed by atoms with Crippen molar-refractivity contribution in [2.45, 2.75) is 6.42 Å². The number of likely N-dealkylation sites (N-methyl/N-ethyl adjacent to an activating group) is 1. The number of fused-ring (bicyclic) bond motifs is 3. The number of nitrogens with one attached hydrogen (secondary N) is 1. The van der Waals surface area contributed by atoms with Gasteiger partial charge in [-0.2, -0.15) is 0 Å². The number of anilines is 1. The van der Waals surface area contributed by atoms with Gasteiger partial charge >= 0.3 is 0 Å². The van der Waals surface area contributed by atoms with Gasteiger partial charge < -0.3 is 33.9 Å². The van der Waals surface area contributed by atoms with Crippen molar-refractivity contribution in [3.05, 3.63) is 41.6 Å². The second kappa shape index (κ2) is 11.5. The quantitative estimate of drug-likeness (QED) is 0.385. The van der Waals surface area contributed by atoms with Crippen LogP contribution in [0.1, 0.15) is 6.42 Å². The monoisotopic (exact) mass is 487 g/mol. The smallest absolute Gasteiger partial charge is 0.204 e. The average Bonchev–Trinajstić information content (AvgIpc) is 2.85. The Kier molecular flexibility index (Phi) is 8.16. The summed E-state index contributed by atoms with van der Waals surface area (Å²) in [6.07, 6.45) is 2.57. The number of methoxy groups -OCH3 is 1. The van der Waals surface area contributed by atoms with Crippen LogP contribution in [0.15, 0.2) is 36.5 Å². The molecule has 4 rings (SSSR count). The number of aromatic nitrogens is 1. The zero-order valence-corrected chi connectivity index (χ0v) is 20.5. The second-order valence-corrected chi connectivity index (χ2v) is 8.33. The van der Waals surface area contributed by atoms with Crippen LogP contribution >= 0.6 is 11.6 Å². The minimum atomic E-state index is 0.437. The van der Waals surface area contributed by atoms with Crippen LogP contribution in [0.2, 0.25) is 5.02 Å². The SMILES string of the molecule is CNc1ccc(Oc2ccnc3cc(OCCCN(C)CCOC)c4c(c23)OCCO4)cc1Cl. The van der Waals surface area contributed by atoms with Crippen molar-refractivity contribution >= 4 is 28.2 Å². The molecule has 1 N–H and O–H groups in total. The normalized spacial score (nSPS) is 12.7. The van der Waals surface area contributed by atoms with E-state index in [0.29, 0.717) is 65.7 Å². The molecular weight excluding hydrogens is 458 g/mol. The highest BCUT2D eigenvalue weighted by molar-refractivity contribution is 6.33. The Morgan fingerprint density at radius 2 is 1.88 bits per heavy atom. The standard InChI is InChI=1S/C25H30ClN3O5/c1-27-19-6-5-17(15-18(19)26)34-21-7-8-28-20-16-22(24-25(23(20)21)33-14-13-32-24)31-11-4-9-29(2)10-12-30-3/h5-8,15-16,27H,4,9-14H2,1-3H3. The van der Waals surface area contributed by atoms with Crippen LogP contribution in [0.3, 0.4) is 0 Å². The summed E-state index contributed by atoms with van der Waals surface area (Å²) >= 11 is 6.33. The summed E-state index contributed by atoms with van der Waals surface area (Å²) in [4.78, 5) is 6.74. The van der Waals surface area contributed by atoms with Gasteiger partial charge in [-0.05, 0) is 31.7 Å². The lowest BCUT2D eigenvalue weighted by Crippen LogP contribution is -2.25. The molecule has 182 valence electrons. The number of ether oxygens (including phenoxy) is 5. The minimum Gasteiger partial charge on any atom is -0.489 e. The Morgan fingerprint density at radius 3 is 2.65 bits per heavy atom. The van der Waals surface area contributed by atoms with Crippen molar-refractivity contribution in [3.63, 3.8) is 0 Å². The van der Waals surface area contributed by atoms with Gasteiger partial charge in [0.1, 0.15) is 24.7 Å². The van der Waals surface area contributed by atoms with Crippen LogP contribution < -0.4 is 24.3 Å². The maximum absolute atomic E-state index is 6.33. The molecule has 0 spiro atoms. The first kappa shape index (κ1) is 24.2. The van der Waals surface area contributed by atoms with Crippen molar-refractivity contribution in [2.24, 2.45) is 0 Å². The molecule has 3 aromatic rings. The van der Waals surface area contributed by atoms with E-state index in [0.717, 1.165) is 30.6 Å². The van der Waals surface area contributed by atoms with E-state index in [1.54, 1.807) is 25.4 Å². The van der Waals surface area contributed by atoms with Crippen molar-refractivity contribution in [2.75, 3.05) is 66.0 Å². The highest BCUT2D eigenvalue weighted by Crippen LogP contribution is 2.48. The number of halogens is 1. The molecule has 0 atom stereocenters. The van der Waals surface area contributed by atoms with E-state index in [2.05, 4.69) is 22.2 Å². The molecule has 0 bridgehead atoms. The molecule has 0 radical (unpaired) electrons. The zero-order chi connectivity index (χ0) is 23.9. The fourth-order valence-corrected chi connectivity index (χ4v) is 4.00. The fourth-order valence-electron chi connectivity index (χ4n) is 3.73. The Morgan fingerprint density at radius 1 is 1.06 bits per heavy atom. The molecule has 34 heavy (non-hydrogen) atoms. The second-order valence-electron chi connectivity index (χ2n) is 7.92. The van der Waals surface area contributed by atoms with Gasteiger partial charge in [0.15, 0.2) is 11.5 Å². The van der Waals surface area contributed by atoms with E-state index in [1.165, 1.54) is 0 Å². The largest absolute Gasteiger partial charge is 0.489 e. The summed E-state index contributed by atoms with van der Waals surface area (Å²) in [7, 11) is 5.60. The van der Waals surface area contributed by atoms with Gasteiger partial charge in [0.25, 0.3) is 0 Å². The summed E-state index contributed by atoms with van der Waals surface area (Å²) < 4.78 is 29.4. The summed E-state index contributed by atoms with van der Waals surface area (Å²) in [5.74, 6) is 2.99. The number of hydrogen-bond donors (Lipinski definition) is 1. The molecule has 1 aliphatic heterocycles. The van der Waals surface area contributed by atoms with Gasteiger partial charge in [0, 0.05) is 45.6 Å². The molecule has 1 aliphatic rings. The van der Waals surface area contributed by atoms with E-state index < -0.39 is 0 Å². The van der Waals surface area contributed by atoms with Gasteiger partial charge in [-0.25, -0.2) is 0 Å². The number of hydrogen-bond acceptors (Lipinski definition) is 8. The first-order valence-electron chi connectivity index (χ1n) is 11.3. The maximum Gasteiger partial charge on any atom is 0.204 e. The lowest BCUT2D eigenvalue weighted by Gasteiger charge is -2.24. The van der Waals surface area contributed by atoms with Crippen molar-refractivity contribution < 1.29 is 23.7 Å². The van der Waals surface area contributed by atoms with Gasteiger partial charge in [-0.1, -0.05) is 11.6 Å². The third-order valence-electron chi connectivity index (χ3n) is 5.50. The zero-order valence-electron chi connectivity index (χ0n) is 19.7. The van der Waals surface area contributed by atoms with Gasteiger partial charge in [0.2, 0.25) is 5.75 Å². The third kappa shape index (κ3) is 5.58. The van der Waals surface area contributed by atoms with E-state index in [1.807, 2.05) is 25.2 Å². The first-order valence-corrected chi connectivity index (χ1v) is 11.6. The molecule has 2 heterocycles. The average molecular weight is 488 g/mol. The number of benzene rings is 2.